The van der Waals surface area contributed by atoms with Crippen LogP contribution in [-0.4, -0.2) is 33.7 Å². The van der Waals surface area contributed by atoms with Crippen LogP contribution in [0, 0.1) is 10.1 Å². The lowest BCUT2D eigenvalue weighted by Gasteiger charge is -2.12. The quantitative estimate of drug-likeness (QED) is 0.557. The van der Waals surface area contributed by atoms with Crippen LogP contribution in [0.3, 0.4) is 0 Å². The van der Waals surface area contributed by atoms with Crippen molar-refractivity contribution in [3.63, 3.8) is 0 Å². The first-order chi connectivity index (χ1) is 9.81. The van der Waals surface area contributed by atoms with Crippen LogP contribution in [0.25, 0.3) is 0 Å². The van der Waals surface area contributed by atoms with Gasteiger partial charge in [-0.05, 0) is 6.07 Å². The highest BCUT2D eigenvalue weighted by molar-refractivity contribution is 9.10. The summed E-state index contributed by atoms with van der Waals surface area (Å²) in [4.78, 5) is 32.3. The molecule has 0 saturated heterocycles. The van der Waals surface area contributed by atoms with E-state index >= 15 is 0 Å². The molecule has 0 heterocycles. The number of halogens is 1. The van der Waals surface area contributed by atoms with Crippen molar-refractivity contribution in [2.45, 2.75) is 18.7 Å². The third kappa shape index (κ3) is 5.72. The molecule has 0 aromatic heterocycles. The first-order valence-electron chi connectivity index (χ1n) is 5.81. The summed E-state index contributed by atoms with van der Waals surface area (Å²) in [5.41, 5.74) is 0.475. The normalized spacial score (nSPS) is 11.7. The average molecular weight is 377 g/mol. The molecule has 1 rings (SSSR count). The molecule has 21 heavy (non-hydrogen) atoms. The maximum absolute atomic E-state index is 11.0. The van der Waals surface area contributed by atoms with Crippen LogP contribution in [0.5, 0.6) is 0 Å². The van der Waals surface area contributed by atoms with Crippen LogP contribution < -0.4 is 5.32 Å². The van der Waals surface area contributed by atoms with Gasteiger partial charge in [-0.2, -0.15) is 11.8 Å². The van der Waals surface area contributed by atoms with Gasteiger partial charge in [0.05, 0.1) is 4.92 Å². The van der Waals surface area contributed by atoms with Gasteiger partial charge in [0.15, 0.2) is 0 Å². The summed E-state index contributed by atoms with van der Waals surface area (Å²) in [6.45, 7) is 1.24. The fraction of sp³-hybridized carbons (Fsp3) is 0.333. The molecule has 0 spiro atoms. The zero-order chi connectivity index (χ0) is 16.0. The minimum Gasteiger partial charge on any atom is -0.480 e. The first-order valence-corrected chi connectivity index (χ1v) is 7.76. The predicted molar refractivity (Wildman–Crippen MR) is 82.2 cm³/mol. The van der Waals surface area contributed by atoms with E-state index in [0.717, 1.165) is 0 Å². The van der Waals surface area contributed by atoms with E-state index in [1.807, 2.05) is 0 Å². The second-order valence-corrected chi connectivity index (χ2v) is 6.08. The standard InChI is InChI=1S/C12H13BrN2O5S/c1-7(16)14-10(12(17)18)6-21-5-8-2-3-9(13)4-11(8)15(19)20/h2-4,10H,5-6H2,1H3,(H,14,16)(H,17,18)/t10-/m0/s1. The monoisotopic (exact) mass is 376 g/mol. The number of carboxylic acids is 1. The van der Waals surface area contributed by atoms with Crippen molar-refractivity contribution in [3.05, 3.63) is 38.3 Å². The number of carbonyl (C=O) groups is 2. The Labute approximate surface area is 133 Å². The van der Waals surface area contributed by atoms with Gasteiger partial charge < -0.3 is 10.4 Å². The minimum atomic E-state index is -1.14. The van der Waals surface area contributed by atoms with E-state index in [4.69, 9.17) is 5.11 Å². The Morgan fingerprint density at radius 2 is 2.19 bits per heavy atom. The summed E-state index contributed by atoms with van der Waals surface area (Å²) in [7, 11) is 0. The van der Waals surface area contributed by atoms with E-state index < -0.39 is 22.8 Å². The zero-order valence-corrected chi connectivity index (χ0v) is 13.4. The van der Waals surface area contributed by atoms with Crippen molar-refractivity contribution >= 4 is 45.3 Å². The minimum absolute atomic E-state index is 0.0247. The lowest BCUT2D eigenvalue weighted by atomic mass is 10.2. The van der Waals surface area contributed by atoms with Crippen molar-refractivity contribution in [1.82, 2.24) is 5.32 Å². The number of aliphatic carboxylic acids is 1. The lowest BCUT2D eigenvalue weighted by molar-refractivity contribution is -0.385. The van der Waals surface area contributed by atoms with Crippen LogP contribution in [-0.2, 0) is 15.3 Å². The molecule has 0 aliphatic carbocycles. The average Bonchev–Trinajstić information content (AvgIpc) is 2.38. The van der Waals surface area contributed by atoms with E-state index in [1.165, 1.54) is 24.8 Å². The molecule has 7 nitrogen and oxygen atoms in total. The summed E-state index contributed by atoms with van der Waals surface area (Å²) in [6, 6.07) is 3.69. The Kier molecular flexibility index (Phi) is 6.63. The van der Waals surface area contributed by atoms with Crippen LogP contribution in [0.15, 0.2) is 22.7 Å². The molecular weight excluding hydrogens is 364 g/mol. The molecule has 0 aliphatic heterocycles. The Morgan fingerprint density at radius 3 is 2.71 bits per heavy atom. The zero-order valence-electron chi connectivity index (χ0n) is 11.0. The van der Waals surface area contributed by atoms with Gasteiger partial charge >= 0.3 is 5.97 Å². The van der Waals surface area contributed by atoms with Crippen LogP contribution >= 0.6 is 27.7 Å². The molecule has 2 N–H and O–H groups in total. The van der Waals surface area contributed by atoms with E-state index in [0.29, 0.717) is 10.0 Å². The van der Waals surface area contributed by atoms with E-state index in [2.05, 4.69) is 21.2 Å². The second kappa shape index (κ2) is 7.99. The van der Waals surface area contributed by atoms with Crippen molar-refractivity contribution in [3.8, 4) is 0 Å². The van der Waals surface area contributed by atoms with Crippen LogP contribution in [0.4, 0.5) is 5.69 Å². The van der Waals surface area contributed by atoms with E-state index in [9.17, 15) is 19.7 Å². The van der Waals surface area contributed by atoms with Gasteiger partial charge in [0, 0.05) is 34.5 Å². The number of amides is 1. The Bertz CT molecular complexity index is 567. The number of hydrogen-bond donors (Lipinski definition) is 2. The third-order valence-electron chi connectivity index (χ3n) is 2.46. The summed E-state index contributed by atoms with van der Waals surface area (Å²) >= 11 is 4.37. The third-order valence-corrected chi connectivity index (χ3v) is 4.04. The van der Waals surface area contributed by atoms with Crippen LogP contribution in [0.1, 0.15) is 12.5 Å². The molecule has 1 amide bonds. The number of benzene rings is 1. The van der Waals surface area contributed by atoms with Crippen molar-refractivity contribution in [2.75, 3.05) is 5.75 Å². The Hall–Kier alpha value is -1.61. The van der Waals surface area contributed by atoms with Gasteiger partial charge in [-0.25, -0.2) is 4.79 Å². The summed E-state index contributed by atoms with van der Waals surface area (Å²) in [6.07, 6.45) is 0. The van der Waals surface area contributed by atoms with Gasteiger partial charge in [0.2, 0.25) is 5.91 Å². The molecular formula is C12H13BrN2O5S. The molecule has 0 radical (unpaired) electrons. The number of carboxylic acid groups (broad SMARTS) is 1. The number of nitro benzene ring substituents is 1. The summed E-state index contributed by atoms with van der Waals surface area (Å²) in [5.74, 6) is -1.16. The number of nitrogens with zero attached hydrogens (tertiary/aromatic N) is 1. The number of hydrogen-bond acceptors (Lipinski definition) is 5. The first kappa shape index (κ1) is 17.4. The Balaban J connectivity index is 2.69. The van der Waals surface area contributed by atoms with Crippen molar-refractivity contribution in [1.29, 1.82) is 0 Å². The Morgan fingerprint density at radius 1 is 1.52 bits per heavy atom. The topological polar surface area (TPSA) is 110 Å². The molecule has 9 heteroatoms. The predicted octanol–water partition coefficient (Wildman–Crippen LogP) is 2.18. The SMILES string of the molecule is CC(=O)N[C@@H](CSCc1ccc(Br)cc1[N+](=O)[O-])C(=O)O. The van der Waals surface area contributed by atoms with Gasteiger partial charge in [-0.1, -0.05) is 22.0 Å². The highest BCUT2D eigenvalue weighted by Crippen LogP contribution is 2.27. The van der Waals surface area contributed by atoms with E-state index in [-0.39, 0.29) is 17.2 Å². The lowest BCUT2D eigenvalue weighted by Crippen LogP contribution is -2.41. The second-order valence-electron chi connectivity index (χ2n) is 4.14. The molecule has 0 bridgehead atoms. The van der Waals surface area contributed by atoms with Crippen LogP contribution in [0.2, 0.25) is 0 Å². The molecule has 0 fully saturated rings. The number of carbonyl (C=O) groups excluding carboxylic acids is 1. The van der Waals surface area contributed by atoms with E-state index in [1.54, 1.807) is 12.1 Å². The molecule has 114 valence electrons. The fourth-order valence-electron chi connectivity index (χ4n) is 1.54. The van der Waals surface area contributed by atoms with Gasteiger partial charge in [-0.3, -0.25) is 14.9 Å². The summed E-state index contributed by atoms with van der Waals surface area (Å²) < 4.78 is 0.601. The number of thioether (sulfide) groups is 1. The van der Waals surface area contributed by atoms with Crippen molar-refractivity contribution in [2.24, 2.45) is 0 Å². The highest BCUT2D eigenvalue weighted by atomic mass is 79.9. The smallest absolute Gasteiger partial charge is 0.327 e. The largest absolute Gasteiger partial charge is 0.480 e. The number of nitrogens with one attached hydrogen (secondary N) is 1. The maximum Gasteiger partial charge on any atom is 0.327 e. The fourth-order valence-corrected chi connectivity index (χ4v) is 2.93. The van der Waals surface area contributed by atoms with Crippen molar-refractivity contribution < 1.29 is 19.6 Å². The van der Waals surface area contributed by atoms with Gasteiger partial charge in [0.25, 0.3) is 5.69 Å². The summed E-state index contributed by atoms with van der Waals surface area (Å²) in [5, 5.41) is 22.2. The molecule has 1 aromatic rings. The molecule has 0 aliphatic rings. The molecule has 1 aromatic carbocycles. The number of rotatable bonds is 7. The molecule has 0 unspecified atom stereocenters. The highest BCUT2D eigenvalue weighted by Gasteiger charge is 2.19. The van der Waals surface area contributed by atoms with Gasteiger partial charge in [-0.15, -0.1) is 0 Å². The number of nitro groups is 1. The molecule has 0 saturated carbocycles. The molecule has 1 atom stereocenters. The maximum atomic E-state index is 11.0. The van der Waals surface area contributed by atoms with Gasteiger partial charge in [0.1, 0.15) is 6.04 Å².